The predicted molar refractivity (Wildman–Crippen MR) is 110 cm³/mol. The monoisotopic (exact) mass is 392 g/mol. The molecule has 2 aromatic carbocycles. The number of hydrogen-bond acceptors (Lipinski definition) is 3. The SMILES string of the molecule is Cc1nn(-c2ccc(F)cc2)c(C)c1CC(=O)N1C[C@@H](N)[C@H](c2ccccc2)C1. The van der Waals surface area contributed by atoms with Crippen molar-refractivity contribution >= 4 is 5.91 Å². The number of amides is 1. The number of carbonyl (C=O) groups is 1. The number of rotatable bonds is 4. The average Bonchev–Trinajstić information content (AvgIpc) is 3.24. The lowest BCUT2D eigenvalue weighted by Gasteiger charge is -2.17. The van der Waals surface area contributed by atoms with E-state index in [4.69, 9.17) is 5.73 Å². The second-order valence-electron chi connectivity index (χ2n) is 7.69. The molecule has 0 radical (unpaired) electrons. The van der Waals surface area contributed by atoms with E-state index in [0.29, 0.717) is 13.1 Å². The van der Waals surface area contributed by atoms with Gasteiger partial charge >= 0.3 is 0 Å². The van der Waals surface area contributed by atoms with E-state index < -0.39 is 0 Å². The molecule has 1 aromatic heterocycles. The van der Waals surface area contributed by atoms with Crippen molar-refractivity contribution in [2.45, 2.75) is 32.2 Å². The molecule has 0 aliphatic carbocycles. The van der Waals surface area contributed by atoms with Gasteiger partial charge in [0.25, 0.3) is 0 Å². The lowest BCUT2D eigenvalue weighted by atomic mass is 9.95. The lowest BCUT2D eigenvalue weighted by molar-refractivity contribution is -0.129. The van der Waals surface area contributed by atoms with Gasteiger partial charge in [-0.1, -0.05) is 30.3 Å². The Bertz CT molecular complexity index is 1010. The van der Waals surface area contributed by atoms with Crippen molar-refractivity contribution in [2.75, 3.05) is 13.1 Å². The maximum Gasteiger partial charge on any atom is 0.227 e. The van der Waals surface area contributed by atoms with Gasteiger partial charge in [-0.2, -0.15) is 5.10 Å². The number of aryl methyl sites for hydroxylation is 1. The molecule has 2 atom stereocenters. The molecule has 0 spiro atoms. The van der Waals surface area contributed by atoms with Crippen LogP contribution >= 0.6 is 0 Å². The Morgan fingerprint density at radius 3 is 2.48 bits per heavy atom. The van der Waals surface area contributed by atoms with Gasteiger partial charge in [0.05, 0.1) is 17.8 Å². The molecule has 1 aliphatic rings. The van der Waals surface area contributed by atoms with Gasteiger partial charge in [0.1, 0.15) is 5.82 Å². The Hall–Kier alpha value is -2.99. The number of nitrogens with zero attached hydrogens (tertiary/aromatic N) is 3. The third kappa shape index (κ3) is 3.80. The Morgan fingerprint density at radius 2 is 1.79 bits per heavy atom. The van der Waals surface area contributed by atoms with Gasteiger partial charge in [0.15, 0.2) is 0 Å². The van der Waals surface area contributed by atoms with Crippen LogP contribution in [0.4, 0.5) is 4.39 Å². The summed E-state index contributed by atoms with van der Waals surface area (Å²) in [6.45, 7) is 5.03. The van der Waals surface area contributed by atoms with Crippen molar-refractivity contribution in [1.82, 2.24) is 14.7 Å². The maximum absolute atomic E-state index is 13.2. The average molecular weight is 392 g/mol. The van der Waals surface area contributed by atoms with Crippen molar-refractivity contribution in [3.63, 3.8) is 0 Å². The van der Waals surface area contributed by atoms with Gasteiger partial charge in [-0.15, -0.1) is 0 Å². The highest BCUT2D eigenvalue weighted by molar-refractivity contribution is 5.80. The minimum atomic E-state index is -0.288. The normalized spacial score (nSPS) is 19.0. The highest BCUT2D eigenvalue weighted by Gasteiger charge is 2.34. The molecular formula is C23H25FN4O. The van der Waals surface area contributed by atoms with Crippen LogP contribution in [-0.2, 0) is 11.2 Å². The highest BCUT2D eigenvalue weighted by atomic mass is 19.1. The number of halogens is 1. The molecular weight excluding hydrogens is 367 g/mol. The topological polar surface area (TPSA) is 64.2 Å². The molecule has 150 valence electrons. The molecule has 0 bridgehead atoms. The molecule has 0 saturated carbocycles. The maximum atomic E-state index is 13.2. The van der Waals surface area contributed by atoms with E-state index in [2.05, 4.69) is 17.2 Å². The van der Waals surface area contributed by atoms with Crippen LogP contribution in [0.5, 0.6) is 0 Å². The molecule has 2 heterocycles. The third-order valence-electron chi connectivity index (χ3n) is 5.79. The Labute approximate surface area is 169 Å². The van der Waals surface area contributed by atoms with Gasteiger partial charge < -0.3 is 10.6 Å². The van der Waals surface area contributed by atoms with E-state index in [-0.39, 0.29) is 30.1 Å². The third-order valence-corrected chi connectivity index (χ3v) is 5.79. The molecule has 4 rings (SSSR count). The van der Waals surface area contributed by atoms with Crippen molar-refractivity contribution in [3.8, 4) is 5.69 Å². The summed E-state index contributed by atoms with van der Waals surface area (Å²) in [5, 5.41) is 4.57. The Morgan fingerprint density at radius 1 is 1.10 bits per heavy atom. The zero-order valence-electron chi connectivity index (χ0n) is 16.7. The van der Waals surface area contributed by atoms with E-state index >= 15 is 0 Å². The van der Waals surface area contributed by atoms with Crippen LogP contribution < -0.4 is 5.73 Å². The van der Waals surface area contributed by atoms with E-state index in [1.165, 1.54) is 17.7 Å². The van der Waals surface area contributed by atoms with Crippen LogP contribution in [0.15, 0.2) is 54.6 Å². The summed E-state index contributed by atoms with van der Waals surface area (Å²) in [7, 11) is 0. The summed E-state index contributed by atoms with van der Waals surface area (Å²) in [6, 6.07) is 16.3. The molecule has 5 nitrogen and oxygen atoms in total. The summed E-state index contributed by atoms with van der Waals surface area (Å²) >= 11 is 0. The van der Waals surface area contributed by atoms with Crippen molar-refractivity contribution in [1.29, 1.82) is 0 Å². The van der Waals surface area contributed by atoms with Crippen LogP contribution in [0.2, 0.25) is 0 Å². The number of benzene rings is 2. The quantitative estimate of drug-likeness (QED) is 0.742. The molecule has 2 N–H and O–H groups in total. The number of carbonyl (C=O) groups excluding carboxylic acids is 1. The molecule has 29 heavy (non-hydrogen) atoms. The lowest BCUT2D eigenvalue weighted by Crippen LogP contribution is -2.33. The molecule has 1 aliphatic heterocycles. The minimum absolute atomic E-state index is 0.0590. The van der Waals surface area contributed by atoms with Crippen molar-refractivity contribution in [3.05, 3.63) is 82.9 Å². The fourth-order valence-electron chi connectivity index (χ4n) is 4.11. The van der Waals surface area contributed by atoms with Gasteiger partial charge in [-0.05, 0) is 43.7 Å². The summed E-state index contributed by atoms with van der Waals surface area (Å²) in [5.41, 5.74) is 10.9. The molecule has 1 saturated heterocycles. The summed E-state index contributed by atoms with van der Waals surface area (Å²) in [5.74, 6) is -0.0722. The van der Waals surface area contributed by atoms with E-state index in [1.54, 1.807) is 16.8 Å². The first-order chi connectivity index (χ1) is 13.9. The standard InChI is InChI=1S/C23H25FN4O/c1-15-20(16(2)28(26-15)19-10-8-18(24)9-11-19)12-23(29)27-13-21(22(25)14-27)17-6-4-3-5-7-17/h3-11,21-22H,12-14,25H2,1-2H3/t21-,22+/m0/s1. The van der Waals surface area contributed by atoms with Crippen LogP contribution in [-0.4, -0.2) is 39.7 Å². The van der Waals surface area contributed by atoms with Crippen molar-refractivity contribution < 1.29 is 9.18 Å². The molecule has 1 fully saturated rings. The largest absolute Gasteiger partial charge is 0.340 e. The first kappa shape index (κ1) is 19.3. The number of aromatic nitrogens is 2. The smallest absolute Gasteiger partial charge is 0.227 e. The molecule has 6 heteroatoms. The summed E-state index contributed by atoms with van der Waals surface area (Å²) in [4.78, 5) is 14.9. The number of hydrogen-bond donors (Lipinski definition) is 1. The van der Waals surface area contributed by atoms with Crippen LogP contribution in [0, 0.1) is 19.7 Å². The zero-order valence-corrected chi connectivity index (χ0v) is 16.7. The minimum Gasteiger partial charge on any atom is -0.340 e. The van der Waals surface area contributed by atoms with Gasteiger partial charge in [-0.3, -0.25) is 4.79 Å². The van der Waals surface area contributed by atoms with Crippen molar-refractivity contribution in [2.24, 2.45) is 5.73 Å². The molecule has 3 aromatic rings. The Balaban J connectivity index is 1.51. The van der Waals surface area contributed by atoms with E-state index in [1.807, 2.05) is 36.9 Å². The first-order valence-electron chi connectivity index (χ1n) is 9.83. The summed E-state index contributed by atoms with van der Waals surface area (Å²) in [6.07, 6.45) is 0.285. The van der Waals surface area contributed by atoms with Crippen LogP contribution in [0.1, 0.15) is 28.4 Å². The predicted octanol–water partition coefficient (Wildman–Crippen LogP) is 3.12. The second-order valence-corrected chi connectivity index (χ2v) is 7.69. The van der Waals surface area contributed by atoms with Crippen LogP contribution in [0.25, 0.3) is 5.69 Å². The molecule has 0 unspecified atom stereocenters. The molecule has 1 amide bonds. The fourth-order valence-corrected chi connectivity index (χ4v) is 4.11. The number of likely N-dealkylation sites (tertiary alicyclic amines) is 1. The van der Waals surface area contributed by atoms with Gasteiger partial charge in [0.2, 0.25) is 5.91 Å². The number of nitrogens with two attached hydrogens (primary N) is 1. The Kier molecular flexibility index (Phi) is 5.20. The van der Waals surface area contributed by atoms with E-state index in [9.17, 15) is 9.18 Å². The zero-order chi connectivity index (χ0) is 20.5. The first-order valence-corrected chi connectivity index (χ1v) is 9.83. The highest BCUT2D eigenvalue weighted by Crippen LogP contribution is 2.27. The van der Waals surface area contributed by atoms with Gasteiger partial charge in [0, 0.05) is 36.3 Å². The summed E-state index contributed by atoms with van der Waals surface area (Å²) < 4.78 is 15.0. The fraction of sp³-hybridized carbons (Fsp3) is 0.304. The van der Waals surface area contributed by atoms with Gasteiger partial charge in [-0.25, -0.2) is 9.07 Å². The second kappa shape index (κ2) is 7.79. The van der Waals surface area contributed by atoms with E-state index in [0.717, 1.165) is 22.6 Å². The van der Waals surface area contributed by atoms with Crippen LogP contribution in [0.3, 0.4) is 0 Å².